The van der Waals surface area contributed by atoms with Crippen LogP contribution in [0, 0.1) is 0 Å². The molecule has 0 aliphatic rings. The zero-order valence-corrected chi connectivity index (χ0v) is 9.25. The molecule has 0 fully saturated rings. The SMILES string of the molecule is CC=CCCCOP(=O)(OC)OC. The fraction of sp³-hybridized carbons (Fsp3) is 0.750. The van der Waals surface area contributed by atoms with Gasteiger partial charge in [0.1, 0.15) is 0 Å². The summed E-state index contributed by atoms with van der Waals surface area (Å²) in [4.78, 5) is 0. The second-order valence-corrected chi connectivity index (χ2v) is 4.24. The average Bonchev–Trinajstić information content (AvgIpc) is 2.17. The minimum Gasteiger partial charge on any atom is -0.290 e. The van der Waals surface area contributed by atoms with E-state index < -0.39 is 7.82 Å². The van der Waals surface area contributed by atoms with Crippen molar-refractivity contribution in [2.24, 2.45) is 0 Å². The van der Waals surface area contributed by atoms with Crippen molar-refractivity contribution in [3.05, 3.63) is 12.2 Å². The standard InChI is InChI=1S/C8H17O4P/c1-4-5-6-7-8-12-13(9,10-2)11-3/h4-5H,6-8H2,1-3H3. The van der Waals surface area contributed by atoms with Crippen LogP contribution in [-0.2, 0) is 18.1 Å². The van der Waals surface area contributed by atoms with Gasteiger partial charge in [-0.1, -0.05) is 12.2 Å². The van der Waals surface area contributed by atoms with E-state index in [1.54, 1.807) is 0 Å². The third-order valence-electron chi connectivity index (χ3n) is 1.45. The van der Waals surface area contributed by atoms with E-state index in [0.717, 1.165) is 12.8 Å². The lowest BCUT2D eigenvalue weighted by atomic mass is 10.3. The smallest absolute Gasteiger partial charge is 0.290 e. The van der Waals surface area contributed by atoms with Gasteiger partial charge in [-0.25, -0.2) is 4.57 Å². The van der Waals surface area contributed by atoms with Gasteiger partial charge in [0, 0.05) is 14.2 Å². The van der Waals surface area contributed by atoms with Crippen molar-refractivity contribution in [3.63, 3.8) is 0 Å². The van der Waals surface area contributed by atoms with Gasteiger partial charge < -0.3 is 0 Å². The molecule has 0 rings (SSSR count). The molecule has 0 aliphatic heterocycles. The van der Waals surface area contributed by atoms with E-state index in [9.17, 15) is 4.57 Å². The molecular weight excluding hydrogens is 191 g/mol. The van der Waals surface area contributed by atoms with Crippen molar-refractivity contribution in [2.45, 2.75) is 19.8 Å². The highest BCUT2D eigenvalue weighted by Crippen LogP contribution is 2.47. The molecule has 0 unspecified atom stereocenters. The Hall–Kier alpha value is -0.150. The summed E-state index contributed by atoms with van der Waals surface area (Å²) in [6, 6.07) is 0. The molecule has 0 saturated heterocycles. The number of rotatable bonds is 7. The summed E-state index contributed by atoms with van der Waals surface area (Å²) >= 11 is 0. The molecule has 78 valence electrons. The Morgan fingerprint density at radius 3 is 2.38 bits per heavy atom. The lowest BCUT2D eigenvalue weighted by Gasteiger charge is -2.12. The van der Waals surface area contributed by atoms with Gasteiger partial charge in [0.05, 0.1) is 6.61 Å². The molecule has 0 heterocycles. The number of hydrogen-bond donors (Lipinski definition) is 0. The molecular formula is C8H17O4P. The van der Waals surface area contributed by atoms with Crippen LogP contribution in [0.3, 0.4) is 0 Å². The van der Waals surface area contributed by atoms with Gasteiger partial charge in [-0.05, 0) is 19.8 Å². The highest BCUT2D eigenvalue weighted by Gasteiger charge is 2.21. The quantitative estimate of drug-likeness (QED) is 0.366. The second kappa shape index (κ2) is 7.27. The highest BCUT2D eigenvalue weighted by atomic mass is 31.2. The second-order valence-electron chi connectivity index (χ2n) is 2.36. The molecule has 0 spiro atoms. The predicted molar refractivity (Wildman–Crippen MR) is 51.6 cm³/mol. The topological polar surface area (TPSA) is 44.8 Å². The number of phosphoric acid groups is 1. The third-order valence-corrected chi connectivity index (χ3v) is 2.84. The van der Waals surface area contributed by atoms with Crippen molar-refractivity contribution in [2.75, 3.05) is 20.8 Å². The van der Waals surface area contributed by atoms with Crippen molar-refractivity contribution < 1.29 is 18.1 Å². The average molecular weight is 208 g/mol. The molecule has 0 atom stereocenters. The van der Waals surface area contributed by atoms with Crippen molar-refractivity contribution in [3.8, 4) is 0 Å². The first-order valence-corrected chi connectivity index (χ1v) is 5.61. The molecule has 0 amide bonds. The van der Waals surface area contributed by atoms with Crippen LogP contribution in [0.15, 0.2) is 12.2 Å². The molecule has 0 aromatic rings. The summed E-state index contributed by atoms with van der Waals surface area (Å²) < 4.78 is 25.4. The van der Waals surface area contributed by atoms with Crippen LogP contribution in [0.4, 0.5) is 0 Å². The van der Waals surface area contributed by atoms with Gasteiger partial charge in [-0.2, -0.15) is 0 Å². The lowest BCUT2D eigenvalue weighted by Crippen LogP contribution is -1.96. The Balaban J connectivity index is 3.56. The number of hydrogen-bond acceptors (Lipinski definition) is 4. The Morgan fingerprint density at radius 2 is 1.92 bits per heavy atom. The summed E-state index contributed by atoms with van der Waals surface area (Å²) in [5.41, 5.74) is 0. The summed E-state index contributed by atoms with van der Waals surface area (Å²) in [5.74, 6) is 0. The Morgan fingerprint density at radius 1 is 1.31 bits per heavy atom. The highest BCUT2D eigenvalue weighted by molar-refractivity contribution is 7.48. The van der Waals surface area contributed by atoms with E-state index in [1.807, 2.05) is 19.1 Å². The van der Waals surface area contributed by atoms with Crippen molar-refractivity contribution >= 4 is 7.82 Å². The van der Waals surface area contributed by atoms with Gasteiger partial charge in [0.2, 0.25) is 0 Å². The lowest BCUT2D eigenvalue weighted by molar-refractivity contribution is 0.151. The van der Waals surface area contributed by atoms with Crippen LogP contribution >= 0.6 is 7.82 Å². The fourth-order valence-corrected chi connectivity index (χ4v) is 1.44. The van der Waals surface area contributed by atoms with E-state index in [-0.39, 0.29) is 0 Å². The number of phosphoric ester groups is 1. The van der Waals surface area contributed by atoms with Crippen LogP contribution in [0.5, 0.6) is 0 Å². The maximum absolute atomic E-state index is 11.3. The van der Waals surface area contributed by atoms with Gasteiger partial charge in [0.25, 0.3) is 0 Å². The molecule has 0 aliphatic carbocycles. The van der Waals surface area contributed by atoms with Crippen LogP contribution in [0.1, 0.15) is 19.8 Å². The van der Waals surface area contributed by atoms with Crippen LogP contribution < -0.4 is 0 Å². The number of unbranched alkanes of at least 4 members (excludes halogenated alkanes) is 1. The zero-order chi connectivity index (χ0) is 10.2. The molecule has 0 saturated carbocycles. The molecule has 13 heavy (non-hydrogen) atoms. The van der Waals surface area contributed by atoms with Crippen LogP contribution in [-0.4, -0.2) is 20.8 Å². The Kier molecular flexibility index (Phi) is 7.19. The van der Waals surface area contributed by atoms with Gasteiger partial charge >= 0.3 is 7.82 Å². The van der Waals surface area contributed by atoms with E-state index in [4.69, 9.17) is 4.52 Å². The Labute approximate surface area is 79.5 Å². The van der Waals surface area contributed by atoms with Gasteiger partial charge in [0.15, 0.2) is 0 Å². The van der Waals surface area contributed by atoms with Crippen LogP contribution in [0.2, 0.25) is 0 Å². The maximum atomic E-state index is 11.3. The van der Waals surface area contributed by atoms with E-state index >= 15 is 0 Å². The normalized spacial score (nSPS) is 12.5. The van der Waals surface area contributed by atoms with E-state index in [2.05, 4.69) is 9.05 Å². The third kappa shape index (κ3) is 5.99. The largest absolute Gasteiger partial charge is 0.474 e. The Bertz CT molecular complexity index is 183. The minimum atomic E-state index is -3.25. The maximum Gasteiger partial charge on any atom is 0.474 e. The van der Waals surface area contributed by atoms with E-state index in [0.29, 0.717) is 6.61 Å². The number of allylic oxidation sites excluding steroid dienone is 2. The van der Waals surface area contributed by atoms with Crippen molar-refractivity contribution in [1.29, 1.82) is 0 Å². The summed E-state index contributed by atoms with van der Waals surface area (Å²) in [6.07, 6.45) is 5.70. The zero-order valence-electron chi connectivity index (χ0n) is 8.36. The molecule has 0 radical (unpaired) electrons. The monoisotopic (exact) mass is 208 g/mol. The molecule has 0 aromatic carbocycles. The molecule has 0 bridgehead atoms. The fourth-order valence-electron chi connectivity index (χ4n) is 0.724. The molecule has 0 N–H and O–H groups in total. The first kappa shape index (κ1) is 12.8. The minimum absolute atomic E-state index is 0.378. The van der Waals surface area contributed by atoms with E-state index in [1.165, 1.54) is 14.2 Å². The first-order valence-electron chi connectivity index (χ1n) is 4.15. The summed E-state index contributed by atoms with van der Waals surface area (Å²) in [6.45, 7) is 2.33. The summed E-state index contributed by atoms with van der Waals surface area (Å²) in [5, 5.41) is 0. The van der Waals surface area contributed by atoms with Crippen molar-refractivity contribution in [1.82, 2.24) is 0 Å². The predicted octanol–water partition coefficient (Wildman–Crippen LogP) is 2.76. The van der Waals surface area contributed by atoms with Crippen LogP contribution in [0.25, 0.3) is 0 Å². The summed E-state index contributed by atoms with van der Waals surface area (Å²) in [7, 11) is -0.650. The van der Waals surface area contributed by atoms with Gasteiger partial charge in [-0.15, -0.1) is 0 Å². The van der Waals surface area contributed by atoms with Gasteiger partial charge in [-0.3, -0.25) is 13.6 Å². The first-order chi connectivity index (χ1) is 6.18. The molecule has 0 aromatic heterocycles. The molecule has 4 nitrogen and oxygen atoms in total. The molecule has 5 heteroatoms.